The molecule has 0 aromatic carbocycles. The Morgan fingerprint density at radius 1 is 0.714 bits per heavy atom. The van der Waals surface area contributed by atoms with Crippen LogP contribution < -0.4 is 0 Å². The van der Waals surface area contributed by atoms with Gasteiger partial charge in [-0.2, -0.15) is 0 Å². The Balaban J connectivity index is -0.00000000333. The van der Waals surface area contributed by atoms with Crippen molar-refractivity contribution in [3.8, 4) is 0 Å². The van der Waals surface area contributed by atoms with Crippen molar-refractivity contribution in [2.45, 2.75) is 0 Å². The van der Waals surface area contributed by atoms with Gasteiger partial charge in [-0.15, -0.1) is 49.6 Å². The summed E-state index contributed by atoms with van der Waals surface area (Å²) in [7, 11) is 0. The van der Waals surface area contributed by atoms with Crippen LogP contribution in [0, 0.1) is 0 Å². The van der Waals surface area contributed by atoms with E-state index in [2.05, 4.69) is 0 Å². The molecule has 0 atom stereocenters. The average molecular weight is 279 g/mol. The molecule has 2 nitrogen and oxygen atoms in total. The van der Waals surface area contributed by atoms with Gasteiger partial charge in [-0.1, -0.05) is 0 Å². The van der Waals surface area contributed by atoms with E-state index in [-0.39, 0.29) is 49.6 Å². The standard InChI is InChI=1S/4ClH.2O.Ru/h4*1H;;;. The first-order chi connectivity index (χ1) is 1.41. The van der Waals surface area contributed by atoms with E-state index in [1.807, 2.05) is 0 Å². The summed E-state index contributed by atoms with van der Waals surface area (Å²) in [4.78, 5) is 0. The molecule has 0 fully saturated rings. The second-order valence-corrected chi connectivity index (χ2v) is 0.349. The Kier molecular flexibility index (Phi) is 302. The van der Waals surface area contributed by atoms with E-state index in [9.17, 15) is 0 Å². The predicted molar refractivity (Wildman–Crippen MR) is 30.4 cm³/mol. The quantitative estimate of drug-likeness (QED) is 0.629. The van der Waals surface area contributed by atoms with Gasteiger partial charge in [0.1, 0.15) is 0 Å². The van der Waals surface area contributed by atoms with Gasteiger partial charge in [0.25, 0.3) is 0 Å². The second kappa shape index (κ2) is 53.0. The molecule has 0 aliphatic carbocycles. The SMILES string of the molecule is Cl.Cl.Cl.Cl.[O]=[Ru]=[O]. The molecule has 0 aromatic heterocycles. The number of halogens is 4. The monoisotopic (exact) mass is 278 g/mol. The Labute approximate surface area is 73.6 Å². The summed E-state index contributed by atoms with van der Waals surface area (Å²) in [5.41, 5.74) is 0. The molecule has 0 saturated heterocycles. The van der Waals surface area contributed by atoms with Gasteiger partial charge >= 0.3 is 24.2 Å². The molecule has 0 aromatic rings. The zero-order valence-corrected chi connectivity index (χ0v) is 7.81. The molecule has 0 N–H and O–H groups in total. The topological polar surface area (TPSA) is 34.1 Å². The predicted octanol–water partition coefficient (Wildman–Crippen LogP) is 1.45. The van der Waals surface area contributed by atoms with Crippen LogP contribution in [0.3, 0.4) is 0 Å². The molecule has 0 radical (unpaired) electrons. The van der Waals surface area contributed by atoms with Gasteiger partial charge in [0.2, 0.25) is 0 Å². The molecular formula is H4Cl4O2Ru. The minimum atomic E-state index is -1.79. The zero-order valence-electron chi connectivity index (χ0n) is 2.80. The first kappa shape index (κ1) is 39.9. The fourth-order valence-electron chi connectivity index (χ4n) is 0. The van der Waals surface area contributed by atoms with Gasteiger partial charge in [-0.25, -0.2) is 0 Å². The summed E-state index contributed by atoms with van der Waals surface area (Å²) in [5, 5.41) is 0. The molecular weight excluding hydrogens is 275 g/mol. The van der Waals surface area contributed by atoms with Gasteiger partial charge in [0.15, 0.2) is 0 Å². The van der Waals surface area contributed by atoms with Gasteiger partial charge in [-0.3, -0.25) is 0 Å². The molecule has 0 saturated carbocycles. The van der Waals surface area contributed by atoms with Gasteiger partial charge in [-0.05, 0) is 0 Å². The third-order valence-corrected chi connectivity index (χ3v) is 0. The van der Waals surface area contributed by atoms with Crippen LogP contribution >= 0.6 is 49.6 Å². The van der Waals surface area contributed by atoms with Crippen molar-refractivity contribution in [3.63, 3.8) is 0 Å². The van der Waals surface area contributed by atoms with Crippen molar-refractivity contribution in [3.05, 3.63) is 0 Å². The third kappa shape index (κ3) is 112. The number of hydrogen-bond donors (Lipinski definition) is 0. The van der Waals surface area contributed by atoms with Gasteiger partial charge < -0.3 is 0 Å². The molecule has 0 aliphatic rings. The molecule has 0 unspecified atom stereocenters. The number of hydrogen-bond acceptors (Lipinski definition) is 2. The van der Waals surface area contributed by atoms with Crippen molar-refractivity contribution >= 4 is 49.6 Å². The van der Waals surface area contributed by atoms with Crippen molar-refractivity contribution in [2.24, 2.45) is 0 Å². The first-order valence-corrected chi connectivity index (χ1v) is 1.71. The Hall–Kier alpha value is 1.38. The number of rotatable bonds is 0. The van der Waals surface area contributed by atoms with Crippen molar-refractivity contribution in [2.75, 3.05) is 0 Å². The fraction of sp³-hybridized carbons (Fsp3) is 0. The molecule has 0 rings (SSSR count). The van der Waals surface area contributed by atoms with Gasteiger partial charge in [0, 0.05) is 0 Å². The second-order valence-electron chi connectivity index (χ2n) is 0.0589. The average Bonchev–Trinajstić information content (AvgIpc) is 0.918. The van der Waals surface area contributed by atoms with E-state index in [4.69, 9.17) is 7.15 Å². The van der Waals surface area contributed by atoms with E-state index < -0.39 is 17.0 Å². The van der Waals surface area contributed by atoms with Gasteiger partial charge in [0.05, 0.1) is 0 Å². The summed E-state index contributed by atoms with van der Waals surface area (Å²) >= 11 is -1.79. The normalized spacial score (nSPS) is 2.29. The Morgan fingerprint density at radius 2 is 0.714 bits per heavy atom. The molecule has 0 aliphatic heterocycles. The zero-order chi connectivity index (χ0) is 2.71. The molecule has 0 heterocycles. The van der Waals surface area contributed by atoms with Crippen LogP contribution in [0.25, 0.3) is 0 Å². The summed E-state index contributed by atoms with van der Waals surface area (Å²) < 4.78 is 16.9. The first-order valence-electron chi connectivity index (χ1n) is 0.289. The van der Waals surface area contributed by atoms with E-state index in [0.717, 1.165) is 0 Å². The maximum atomic E-state index is 8.46. The van der Waals surface area contributed by atoms with Crippen LogP contribution in [0.5, 0.6) is 0 Å². The van der Waals surface area contributed by atoms with E-state index >= 15 is 0 Å². The fourth-order valence-corrected chi connectivity index (χ4v) is 0. The molecule has 0 spiro atoms. The Morgan fingerprint density at radius 3 is 0.714 bits per heavy atom. The molecule has 7 heteroatoms. The van der Waals surface area contributed by atoms with Crippen LogP contribution in [-0.2, 0) is 24.2 Å². The van der Waals surface area contributed by atoms with Crippen LogP contribution in [-0.4, -0.2) is 0 Å². The summed E-state index contributed by atoms with van der Waals surface area (Å²) in [6, 6.07) is 0. The van der Waals surface area contributed by atoms with E-state index in [1.165, 1.54) is 0 Å². The Bertz CT molecular complexity index is 30.7. The summed E-state index contributed by atoms with van der Waals surface area (Å²) in [5.74, 6) is 0. The van der Waals surface area contributed by atoms with Crippen LogP contribution in [0.1, 0.15) is 0 Å². The van der Waals surface area contributed by atoms with Crippen LogP contribution in [0.15, 0.2) is 0 Å². The van der Waals surface area contributed by atoms with E-state index in [1.54, 1.807) is 0 Å². The van der Waals surface area contributed by atoms with Crippen molar-refractivity contribution in [1.82, 2.24) is 0 Å². The molecule has 7 heavy (non-hydrogen) atoms. The van der Waals surface area contributed by atoms with Crippen LogP contribution in [0.2, 0.25) is 0 Å². The molecule has 52 valence electrons. The molecule has 0 bridgehead atoms. The van der Waals surface area contributed by atoms with E-state index in [0.29, 0.717) is 0 Å². The van der Waals surface area contributed by atoms with Crippen molar-refractivity contribution < 1.29 is 24.2 Å². The summed E-state index contributed by atoms with van der Waals surface area (Å²) in [6.07, 6.45) is 0. The minimum absolute atomic E-state index is 0. The van der Waals surface area contributed by atoms with Crippen molar-refractivity contribution in [1.29, 1.82) is 0 Å². The van der Waals surface area contributed by atoms with Crippen LogP contribution in [0.4, 0.5) is 0 Å². The summed E-state index contributed by atoms with van der Waals surface area (Å²) in [6.45, 7) is 0. The maximum absolute atomic E-state index is 8.46. The molecule has 0 amide bonds. The third-order valence-electron chi connectivity index (χ3n) is 0.